The van der Waals surface area contributed by atoms with E-state index < -0.39 is 77.2 Å². The Morgan fingerprint density at radius 2 is 1.36 bits per heavy atom. The number of methoxy groups -OCH3 is 2. The maximum atomic E-state index is 15.8. The molecular weight excluding hydrogens is 1120 g/mol. The average Bonchev–Trinajstić information content (AvgIpc) is 3.23. The largest absolute Gasteiger partial charge is 0.497 e. The third-order valence-electron chi connectivity index (χ3n) is 14.0. The van der Waals surface area contributed by atoms with E-state index in [1.807, 2.05) is 127 Å². The highest BCUT2D eigenvalue weighted by molar-refractivity contribution is 8.13. The number of carbonyl (C=O) groups excluding carboxylic acids is 2. The smallest absolute Gasteiger partial charge is 0.414 e. The Morgan fingerprint density at radius 1 is 0.821 bits per heavy atom. The first kappa shape index (κ1) is 62.2. The normalized spacial score (nSPS) is 16.3. The van der Waals surface area contributed by atoms with E-state index in [0.29, 0.717) is 11.5 Å². The fourth-order valence-corrected chi connectivity index (χ4v) is 13.4. The van der Waals surface area contributed by atoms with Gasteiger partial charge >= 0.3 is 13.8 Å². The van der Waals surface area contributed by atoms with Gasteiger partial charge in [0.1, 0.15) is 42.1 Å². The fraction of sp³-hybridized carbons (Fsp3) is 0.373. The number of aromatic nitrogens is 4. The van der Waals surface area contributed by atoms with Crippen LogP contribution in [0, 0.1) is 25.6 Å². The van der Waals surface area contributed by atoms with Crippen LogP contribution >= 0.6 is 19.5 Å². The van der Waals surface area contributed by atoms with Crippen LogP contribution in [-0.4, -0.2) is 109 Å². The molecule has 7 aromatic rings. The number of nitrogens with zero attached hydrogens (tertiary/aromatic N) is 6. The summed E-state index contributed by atoms with van der Waals surface area (Å²) in [7, 11) is -1.16. The number of carbonyl (C=O) groups is 2. The summed E-state index contributed by atoms with van der Waals surface area (Å²) in [5.74, 6) is -0.172. The number of thioether (sulfide) groups is 1. The summed E-state index contributed by atoms with van der Waals surface area (Å²) in [5.41, 5.74) is -1.38. The molecule has 3 heterocycles. The summed E-state index contributed by atoms with van der Waals surface area (Å²) in [6.07, 6.45) is -3.06. The standard InChI is InChI=1S/C59H67N8O15PS/c1-37(2)65(38(3)4)83(75,80-31-32-84-55(69)58(5,6)7)82-49-33-51(81-50(49)35-79-59(39-17-11-10-12-18-39,40-23-27-42(76-8)28-24-40)41-25-29-43(77-9)30-26-41)64-36-60-52-53(64)61-56(62-54(52)68)63-57(70)78-34-46(44-19-13-15-21-47(44)66(71)72)45-20-14-16-22-48(45)67(73)74/h10-30,36-38,46,49-51H,31-35H2,1-9H3,(H2,61,62,63,68,70)/t49-,50+,51+,83?/m0/s1. The third-order valence-corrected chi connectivity index (χ3v) is 17.8. The van der Waals surface area contributed by atoms with Gasteiger partial charge in [-0.05, 0) is 68.7 Å². The highest BCUT2D eigenvalue weighted by Gasteiger charge is 2.48. The molecular formula is C59H67N8O15PS. The Morgan fingerprint density at radius 3 is 1.88 bits per heavy atom. The summed E-state index contributed by atoms with van der Waals surface area (Å²) < 4.78 is 63.1. The third kappa shape index (κ3) is 13.9. The molecule has 0 aliphatic carbocycles. The molecule has 1 unspecified atom stereocenters. The van der Waals surface area contributed by atoms with E-state index in [0.717, 1.165) is 28.5 Å². The monoisotopic (exact) mass is 1190 g/mol. The van der Waals surface area contributed by atoms with E-state index >= 15 is 4.57 Å². The summed E-state index contributed by atoms with van der Waals surface area (Å²) in [6, 6.07) is 35.0. The van der Waals surface area contributed by atoms with Crippen molar-refractivity contribution in [1.82, 2.24) is 24.2 Å². The van der Waals surface area contributed by atoms with Gasteiger partial charge in [-0.3, -0.25) is 53.7 Å². The zero-order valence-corrected chi connectivity index (χ0v) is 49.6. The van der Waals surface area contributed by atoms with Gasteiger partial charge in [-0.15, -0.1) is 0 Å². The van der Waals surface area contributed by atoms with Gasteiger partial charge < -0.3 is 23.7 Å². The Kier molecular flexibility index (Phi) is 19.9. The number of ether oxygens (including phenoxy) is 5. The maximum absolute atomic E-state index is 15.8. The summed E-state index contributed by atoms with van der Waals surface area (Å²) in [6.45, 7) is 12.0. The molecule has 8 rings (SSSR count). The summed E-state index contributed by atoms with van der Waals surface area (Å²) >= 11 is 1.07. The van der Waals surface area contributed by atoms with Crippen molar-refractivity contribution in [1.29, 1.82) is 0 Å². The molecule has 0 radical (unpaired) electrons. The van der Waals surface area contributed by atoms with Crippen molar-refractivity contribution in [2.75, 3.05) is 45.1 Å². The van der Waals surface area contributed by atoms with Crippen LogP contribution < -0.4 is 20.3 Å². The van der Waals surface area contributed by atoms with E-state index in [9.17, 15) is 34.6 Å². The van der Waals surface area contributed by atoms with Crippen molar-refractivity contribution >= 4 is 59.2 Å². The highest BCUT2D eigenvalue weighted by Crippen LogP contribution is 2.58. The molecule has 5 aromatic carbocycles. The van der Waals surface area contributed by atoms with E-state index in [2.05, 4.69) is 20.3 Å². The van der Waals surface area contributed by atoms with Gasteiger partial charge in [-0.1, -0.05) is 124 Å². The number of para-hydroxylation sites is 2. The molecule has 2 N–H and O–H groups in total. The number of hydrogen-bond acceptors (Lipinski definition) is 18. The minimum atomic E-state index is -4.32. The molecule has 2 aromatic heterocycles. The zero-order chi connectivity index (χ0) is 60.5. The quantitative estimate of drug-likeness (QED) is 0.0177. The number of aromatic amines is 1. The molecule has 1 aliphatic rings. The van der Waals surface area contributed by atoms with Crippen molar-refractivity contribution in [3.63, 3.8) is 0 Å². The van der Waals surface area contributed by atoms with Gasteiger partial charge in [-0.25, -0.2) is 19.0 Å². The Hall–Kier alpha value is -7.83. The van der Waals surface area contributed by atoms with Crippen molar-refractivity contribution in [2.24, 2.45) is 5.41 Å². The molecule has 1 aliphatic heterocycles. The summed E-state index contributed by atoms with van der Waals surface area (Å²) in [4.78, 5) is 75.0. The first-order valence-electron chi connectivity index (χ1n) is 27.0. The first-order valence-corrected chi connectivity index (χ1v) is 29.5. The van der Waals surface area contributed by atoms with Crippen molar-refractivity contribution in [2.45, 2.75) is 96.9 Å². The van der Waals surface area contributed by atoms with Crippen LogP contribution in [0.1, 0.15) is 94.9 Å². The number of benzene rings is 5. The lowest BCUT2D eigenvalue weighted by atomic mass is 9.80. The van der Waals surface area contributed by atoms with Gasteiger partial charge in [-0.2, -0.15) is 4.98 Å². The molecule has 4 atom stereocenters. The average molecular weight is 1190 g/mol. The van der Waals surface area contributed by atoms with Crippen LogP contribution in [0.2, 0.25) is 0 Å². The predicted octanol–water partition coefficient (Wildman–Crippen LogP) is 11.6. The zero-order valence-electron chi connectivity index (χ0n) is 47.9. The van der Waals surface area contributed by atoms with Crippen molar-refractivity contribution in [3.05, 3.63) is 192 Å². The second-order valence-corrected chi connectivity index (χ2v) is 24.2. The lowest BCUT2D eigenvalue weighted by molar-refractivity contribution is -0.386. The Bertz CT molecular complexity index is 3450. The first-order chi connectivity index (χ1) is 40.1. The molecule has 1 saturated heterocycles. The lowest BCUT2D eigenvalue weighted by Crippen LogP contribution is -2.40. The number of anilines is 1. The number of fused-ring (bicyclic) bond motifs is 1. The van der Waals surface area contributed by atoms with Crippen LogP contribution in [-0.2, 0) is 38.2 Å². The minimum absolute atomic E-state index is 0.0462. The topological polar surface area (TPSA) is 281 Å². The minimum Gasteiger partial charge on any atom is -0.497 e. The molecule has 23 nitrogen and oxygen atoms in total. The number of nitrogens with one attached hydrogen (secondary N) is 2. The van der Waals surface area contributed by atoms with Crippen LogP contribution in [0.25, 0.3) is 11.2 Å². The molecule has 0 bridgehead atoms. The molecule has 25 heteroatoms. The van der Waals surface area contributed by atoms with Gasteiger partial charge in [0.15, 0.2) is 16.3 Å². The SMILES string of the molecule is COc1ccc(C(OC[C@H]2O[C@@H](n3cnc4c(=O)[nH]c(NC(=O)OCC(c5ccccc5[N+](=O)[O-])c5ccccc5[N+](=O)[O-])nc43)C[C@@H]2OP(=O)(OCCSC(=O)C(C)(C)C)N(C(C)C)C(C)C)(c2ccccc2)c2ccc(OC)cc2)cc1. The maximum Gasteiger partial charge on any atom is 0.414 e. The molecule has 444 valence electrons. The number of H-pyrrole nitrogens is 1. The van der Waals surface area contributed by atoms with Gasteiger partial charge in [0, 0.05) is 52.9 Å². The Balaban J connectivity index is 1.16. The van der Waals surface area contributed by atoms with E-state index in [-0.39, 0.29) is 76.3 Å². The summed E-state index contributed by atoms with van der Waals surface area (Å²) in [5, 5.41) is 26.7. The molecule has 1 amide bonds. The molecule has 84 heavy (non-hydrogen) atoms. The number of amides is 1. The van der Waals surface area contributed by atoms with Crippen LogP contribution in [0.4, 0.5) is 22.1 Å². The number of rotatable bonds is 25. The number of hydrogen-bond donors (Lipinski definition) is 2. The number of nitro benzene ring substituents is 2. The van der Waals surface area contributed by atoms with Crippen LogP contribution in [0.3, 0.4) is 0 Å². The van der Waals surface area contributed by atoms with E-state index in [1.165, 1.54) is 59.4 Å². The van der Waals surface area contributed by atoms with Gasteiger partial charge in [0.05, 0.1) is 49.5 Å². The second-order valence-electron chi connectivity index (χ2n) is 21.2. The second kappa shape index (κ2) is 26.8. The number of imidazole rings is 1. The Labute approximate surface area is 489 Å². The molecule has 0 saturated carbocycles. The van der Waals surface area contributed by atoms with Crippen molar-refractivity contribution in [3.8, 4) is 11.5 Å². The fourth-order valence-electron chi connectivity index (χ4n) is 10.1. The molecule has 1 fully saturated rings. The molecule has 0 spiro atoms. The van der Waals surface area contributed by atoms with E-state index in [4.69, 9.17) is 32.7 Å². The van der Waals surface area contributed by atoms with Crippen LogP contribution in [0.15, 0.2) is 139 Å². The lowest BCUT2D eigenvalue weighted by Gasteiger charge is -2.39. The van der Waals surface area contributed by atoms with Crippen molar-refractivity contribution < 1.29 is 56.7 Å². The predicted molar refractivity (Wildman–Crippen MR) is 315 cm³/mol. The number of nitro groups is 2. The van der Waals surface area contributed by atoms with Gasteiger partial charge in [0.2, 0.25) is 5.95 Å². The van der Waals surface area contributed by atoms with Gasteiger partial charge in [0.25, 0.3) is 16.9 Å². The highest BCUT2D eigenvalue weighted by atomic mass is 32.2. The van der Waals surface area contributed by atoms with E-state index in [1.54, 1.807) is 18.9 Å². The van der Waals surface area contributed by atoms with Crippen LogP contribution in [0.5, 0.6) is 11.5 Å².